The number of rotatable bonds is 13. The molecule has 0 fully saturated rings. The Labute approximate surface area is 199 Å². The minimum Gasteiger partial charge on any atom is -0.496 e. The molecule has 0 aliphatic heterocycles. The van der Waals surface area contributed by atoms with Gasteiger partial charge in [0.1, 0.15) is 11.5 Å². The van der Waals surface area contributed by atoms with E-state index in [9.17, 15) is 9.90 Å². The van der Waals surface area contributed by atoms with Gasteiger partial charge in [0.2, 0.25) is 0 Å². The number of benzene rings is 1. The summed E-state index contributed by atoms with van der Waals surface area (Å²) in [5.41, 5.74) is 2.66. The zero-order valence-corrected chi connectivity index (χ0v) is 20.3. The number of ether oxygens (including phenoxy) is 2. The summed E-state index contributed by atoms with van der Waals surface area (Å²) in [6.07, 6.45) is 6.67. The normalized spacial score (nSPS) is 13.0. The molecular formula is C26H33NO5S. The van der Waals surface area contributed by atoms with Crippen LogP contribution in [-0.4, -0.2) is 35.0 Å². The first kappa shape index (κ1) is 24.9. The fourth-order valence-corrected chi connectivity index (χ4v) is 4.92. The molecule has 2 unspecified atom stereocenters. The number of hydrogen-bond acceptors (Lipinski definition) is 5. The van der Waals surface area contributed by atoms with Crippen LogP contribution in [0.2, 0.25) is 0 Å². The van der Waals surface area contributed by atoms with Gasteiger partial charge in [-0.25, -0.2) is 0 Å². The molecule has 7 heteroatoms. The quantitative estimate of drug-likeness (QED) is 0.355. The van der Waals surface area contributed by atoms with Crippen molar-refractivity contribution in [3.63, 3.8) is 0 Å². The molecule has 0 aliphatic carbocycles. The van der Waals surface area contributed by atoms with Gasteiger partial charge in [0, 0.05) is 41.7 Å². The molecule has 0 amide bonds. The van der Waals surface area contributed by atoms with Gasteiger partial charge in [-0.3, -0.25) is 4.79 Å². The highest BCUT2D eigenvalue weighted by molar-refractivity contribution is 7.09. The smallest absolute Gasteiger partial charge is 0.303 e. The maximum Gasteiger partial charge on any atom is 0.303 e. The van der Waals surface area contributed by atoms with E-state index in [4.69, 9.17) is 14.6 Å². The van der Waals surface area contributed by atoms with Crippen LogP contribution in [0.4, 0.5) is 0 Å². The molecule has 3 aromatic rings. The maximum atomic E-state index is 11.4. The Morgan fingerprint density at radius 3 is 2.48 bits per heavy atom. The highest BCUT2D eigenvalue weighted by Crippen LogP contribution is 2.36. The summed E-state index contributed by atoms with van der Waals surface area (Å²) in [7, 11) is 3.24. The number of carbonyl (C=O) groups is 1. The molecule has 1 aromatic carbocycles. The van der Waals surface area contributed by atoms with Gasteiger partial charge in [0.05, 0.1) is 20.3 Å². The topological polar surface area (TPSA) is 80.9 Å². The minimum atomic E-state index is -0.799. The lowest BCUT2D eigenvalue weighted by molar-refractivity contribution is -0.136. The van der Waals surface area contributed by atoms with Gasteiger partial charge < -0.3 is 24.3 Å². The van der Waals surface area contributed by atoms with E-state index >= 15 is 0 Å². The molecule has 0 spiro atoms. The summed E-state index contributed by atoms with van der Waals surface area (Å²) >= 11 is 1.76. The van der Waals surface area contributed by atoms with Crippen molar-refractivity contribution < 1.29 is 24.5 Å². The molecule has 33 heavy (non-hydrogen) atoms. The molecule has 6 nitrogen and oxygen atoms in total. The molecule has 0 bridgehead atoms. The predicted octanol–water partition coefficient (Wildman–Crippen LogP) is 5.27. The van der Waals surface area contributed by atoms with Crippen LogP contribution in [0.3, 0.4) is 0 Å². The maximum absolute atomic E-state index is 11.4. The Hall–Kier alpha value is -2.77. The average molecular weight is 472 g/mol. The summed E-state index contributed by atoms with van der Waals surface area (Å²) in [6, 6.07) is 9.95. The lowest BCUT2D eigenvalue weighted by Gasteiger charge is -2.25. The van der Waals surface area contributed by atoms with E-state index in [-0.39, 0.29) is 12.3 Å². The number of aliphatic hydroxyl groups excluding tert-OH is 1. The standard InChI is InChI=1S/C26H33NO5S/c1-18-23(31-2)14-21(15-24(18)32-3)26(30)20(6-4-7-22-8-5-13-33-22)17-27-12-11-19(16-27)9-10-25(28)29/h5,8,11-16,20,26,30H,4,6-7,9-10,17H2,1-3H3,(H,28,29). The number of hydrogen-bond donors (Lipinski definition) is 2. The molecular weight excluding hydrogens is 438 g/mol. The monoisotopic (exact) mass is 471 g/mol. The van der Waals surface area contributed by atoms with E-state index < -0.39 is 12.1 Å². The number of aryl methyl sites for hydroxylation is 2. The molecule has 2 N–H and O–H groups in total. The fraction of sp³-hybridized carbons (Fsp3) is 0.423. The van der Waals surface area contributed by atoms with Crippen LogP contribution in [0, 0.1) is 12.8 Å². The first-order chi connectivity index (χ1) is 15.9. The largest absolute Gasteiger partial charge is 0.496 e. The van der Waals surface area contributed by atoms with Gasteiger partial charge in [0.25, 0.3) is 0 Å². The highest BCUT2D eigenvalue weighted by atomic mass is 32.1. The zero-order chi connectivity index (χ0) is 23.8. The lowest BCUT2D eigenvalue weighted by atomic mass is 9.90. The van der Waals surface area contributed by atoms with E-state index in [1.165, 1.54) is 4.88 Å². The summed E-state index contributed by atoms with van der Waals surface area (Å²) in [4.78, 5) is 12.2. The molecule has 3 rings (SSSR count). The molecule has 0 saturated carbocycles. The number of aliphatic hydroxyl groups is 1. The minimum absolute atomic E-state index is 0.0261. The van der Waals surface area contributed by atoms with E-state index in [0.29, 0.717) is 24.5 Å². The van der Waals surface area contributed by atoms with Crippen LogP contribution in [-0.2, 0) is 24.2 Å². The molecule has 0 radical (unpaired) electrons. The van der Waals surface area contributed by atoms with Crippen LogP contribution >= 0.6 is 11.3 Å². The van der Waals surface area contributed by atoms with E-state index in [1.807, 2.05) is 37.5 Å². The Kier molecular flexibility index (Phi) is 8.97. The van der Waals surface area contributed by atoms with Crippen molar-refractivity contribution in [1.29, 1.82) is 0 Å². The van der Waals surface area contributed by atoms with Gasteiger partial charge in [-0.2, -0.15) is 0 Å². The van der Waals surface area contributed by atoms with Crippen LogP contribution < -0.4 is 9.47 Å². The molecule has 178 valence electrons. The number of carboxylic acids is 1. The number of thiophene rings is 1. The van der Waals surface area contributed by atoms with Crippen molar-refractivity contribution >= 4 is 17.3 Å². The Morgan fingerprint density at radius 2 is 1.88 bits per heavy atom. The first-order valence-corrected chi connectivity index (χ1v) is 12.1. The lowest BCUT2D eigenvalue weighted by Crippen LogP contribution is -2.19. The fourth-order valence-electron chi connectivity index (χ4n) is 4.17. The number of methoxy groups -OCH3 is 2. The van der Waals surface area contributed by atoms with Gasteiger partial charge in [0.15, 0.2) is 0 Å². The van der Waals surface area contributed by atoms with Crippen molar-refractivity contribution in [2.24, 2.45) is 5.92 Å². The third kappa shape index (κ3) is 6.85. The van der Waals surface area contributed by atoms with Crippen LogP contribution in [0.5, 0.6) is 11.5 Å². The third-order valence-electron chi connectivity index (χ3n) is 6.03. The number of aliphatic carboxylic acids is 1. The van der Waals surface area contributed by atoms with Gasteiger partial charge in [-0.15, -0.1) is 11.3 Å². The molecule has 2 atom stereocenters. The first-order valence-electron chi connectivity index (χ1n) is 11.2. The predicted molar refractivity (Wildman–Crippen MR) is 130 cm³/mol. The van der Waals surface area contributed by atoms with E-state index in [1.54, 1.807) is 25.6 Å². The summed E-state index contributed by atoms with van der Waals surface area (Å²) in [6.45, 7) is 2.57. The SMILES string of the molecule is COc1cc(C(O)C(CCCc2cccs2)Cn2ccc(CCC(=O)O)c2)cc(OC)c1C. The van der Waals surface area contributed by atoms with Crippen LogP contribution in [0.25, 0.3) is 0 Å². The van der Waals surface area contributed by atoms with E-state index in [2.05, 4.69) is 22.1 Å². The van der Waals surface area contributed by atoms with Gasteiger partial charge >= 0.3 is 5.97 Å². The van der Waals surface area contributed by atoms with Gasteiger partial charge in [-0.05, 0) is 73.4 Å². The van der Waals surface area contributed by atoms with E-state index in [0.717, 1.165) is 36.0 Å². The number of nitrogens with zero attached hydrogens (tertiary/aromatic N) is 1. The summed E-state index contributed by atoms with van der Waals surface area (Å²) in [5, 5.41) is 22.4. The summed E-state index contributed by atoms with van der Waals surface area (Å²) in [5.74, 6) is 0.559. The molecule has 0 aliphatic rings. The molecule has 2 aromatic heterocycles. The molecule has 0 saturated heterocycles. The second-order valence-corrected chi connectivity index (χ2v) is 9.37. The van der Waals surface area contributed by atoms with Crippen molar-refractivity contribution in [2.45, 2.75) is 51.7 Å². The van der Waals surface area contributed by atoms with Crippen molar-refractivity contribution in [2.75, 3.05) is 14.2 Å². The van der Waals surface area contributed by atoms with Crippen LogP contribution in [0.15, 0.2) is 48.1 Å². The van der Waals surface area contributed by atoms with Crippen molar-refractivity contribution in [3.05, 3.63) is 69.7 Å². The Morgan fingerprint density at radius 1 is 1.15 bits per heavy atom. The third-order valence-corrected chi connectivity index (χ3v) is 6.96. The average Bonchev–Trinajstić information content (AvgIpc) is 3.49. The van der Waals surface area contributed by atoms with Crippen molar-refractivity contribution in [3.8, 4) is 11.5 Å². The second kappa shape index (κ2) is 11.9. The highest BCUT2D eigenvalue weighted by Gasteiger charge is 2.24. The molecule has 2 heterocycles. The van der Waals surface area contributed by atoms with Crippen LogP contribution in [0.1, 0.15) is 46.9 Å². The Bertz CT molecular complexity index is 1000. The number of carboxylic acid groups (broad SMARTS) is 1. The summed E-state index contributed by atoms with van der Waals surface area (Å²) < 4.78 is 13.1. The Balaban J connectivity index is 1.79. The second-order valence-electron chi connectivity index (χ2n) is 8.34. The number of aromatic nitrogens is 1. The zero-order valence-electron chi connectivity index (χ0n) is 19.5. The van der Waals surface area contributed by atoms with Gasteiger partial charge in [-0.1, -0.05) is 6.07 Å². The van der Waals surface area contributed by atoms with Crippen molar-refractivity contribution in [1.82, 2.24) is 4.57 Å².